The minimum absolute atomic E-state index is 0.0103. The van der Waals surface area contributed by atoms with Crippen molar-refractivity contribution in [1.82, 2.24) is 36.4 Å². The summed E-state index contributed by atoms with van der Waals surface area (Å²) >= 11 is 0. The van der Waals surface area contributed by atoms with Gasteiger partial charge in [-0.05, 0) is 61.1 Å². The number of amides is 5. The van der Waals surface area contributed by atoms with Crippen molar-refractivity contribution in [1.29, 1.82) is 0 Å². The van der Waals surface area contributed by atoms with Crippen LogP contribution in [0.25, 0.3) is 11.5 Å². The van der Waals surface area contributed by atoms with Gasteiger partial charge in [0.1, 0.15) is 6.04 Å². The highest BCUT2D eigenvalue weighted by Crippen LogP contribution is 2.42. The van der Waals surface area contributed by atoms with Crippen molar-refractivity contribution in [3.63, 3.8) is 0 Å². The van der Waals surface area contributed by atoms with Crippen molar-refractivity contribution >= 4 is 29.5 Å². The molecule has 1 saturated heterocycles. The highest BCUT2D eigenvalue weighted by molar-refractivity contribution is 5.97. The van der Waals surface area contributed by atoms with Gasteiger partial charge in [-0.3, -0.25) is 24.0 Å². The van der Waals surface area contributed by atoms with Crippen molar-refractivity contribution in [3.05, 3.63) is 108 Å². The largest absolute Gasteiger partial charge is 0.421 e. The highest BCUT2D eigenvalue weighted by atomic mass is 16.4. The molecule has 1 aliphatic heterocycles. The number of unbranched alkanes of at least 4 members (excludes halogenated alkanes) is 9. The Hall–Kier alpha value is -5.85. The summed E-state index contributed by atoms with van der Waals surface area (Å²) < 4.78 is 6.02. The van der Waals surface area contributed by atoms with E-state index in [9.17, 15) is 24.0 Å². The summed E-state index contributed by atoms with van der Waals surface area (Å²) in [7, 11) is 0. The van der Waals surface area contributed by atoms with Crippen molar-refractivity contribution in [3.8, 4) is 11.5 Å². The number of benzene rings is 3. The zero-order valence-corrected chi connectivity index (χ0v) is 38.1. The van der Waals surface area contributed by atoms with E-state index >= 15 is 0 Å². The molecule has 7 rings (SSSR count). The third-order valence-electron chi connectivity index (χ3n) is 13.2. The standard InChI is InChI=1S/C52H67N7O6/c1-3-5-7-9-10-11-18-24-46(60)54-45(50(63)53-29-19-8-6-4-2)32-47-57-58-51(65-47)37-25-27-38(28-26-37)52(64)59-33-41(48(61)55-43-30-39(43)35-20-14-12-15-21-35)42(34-59)49(62)56-44-31-40(44)36-22-16-13-17-23-36/h12-17,20-23,25-28,39-45H,3-11,18-19,24,29-34H2,1-2H3,(H,53,63)(H,54,60)(H,55,61)(H,56,62)/t39-,40-,41-,42-,43+,44+,45+/m1/s1. The smallest absolute Gasteiger partial charge is 0.253 e. The molecule has 0 bridgehead atoms. The first-order valence-electron chi connectivity index (χ1n) is 24.2. The van der Waals surface area contributed by atoms with E-state index in [0.717, 1.165) is 57.8 Å². The Balaban J connectivity index is 0.968. The fourth-order valence-corrected chi connectivity index (χ4v) is 9.10. The maximum absolute atomic E-state index is 14.1. The molecule has 5 amide bonds. The van der Waals surface area contributed by atoms with Gasteiger partial charge >= 0.3 is 0 Å². The van der Waals surface area contributed by atoms with E-state index in [0.29, 0.717) is 24.1 Å². The van der Waals surface area contributed by atoms with E-state index in [1.165, 1.54) is 36.8 Å². The van der Waals surface area contributed by atoms with Crippen LogP contribution in [0.15, 0.2) is 89.3 Å². The predicted octanol–water partition coefficient (Wildman–Crippen LogP) is 7.63. The normalized spacial score (nSPS) is 21.3. The van der Waals surface area contributed by atoms with E-state index in [-0.39, 0.29) is 84.7 Å². The number of hydrogen-bond donors (Lipinski definition) is 4. The van der Waals surface area contributed by atoms with Crippen LogP contribution in [0.1, 0.15) is 143 Å². The van der Waals surface area contributed by atoms with Gasteiger partial charge in [0, 0.05) is 61.1 Å². The number of aromatic nitrogens is 2. The number of nitrogens with one attached hydrogen (secondary N) is 4. The molecule has 7 atom stereocenters. The number of likely N-dealkylation sites (tertiary alicyclic amines) is 1. The van der Waals surface area contributed by atoms with Gasteiger partial charge in [0.15, 0.2) is 0 Å². The molecule has 2 saturated carbocycles. The summed E-state index contributed by atoms with van der Waals surface area (Å²) in [4.78, 5) is 69.8. The minimum atomic E-state index is -0.868. The Kier molecular flexibility index (Phi) is 16.9. The van der Waals surface area contributed by atoms with Gasteiger partial charge in [-0.15, -0.1) is 10.2 Å². The summed E-state index contributed by atoms with van der Waals surface area (Å²) in [6.07, 6.45) is 13.8. The first-order valence-corrected chi connectivity index (χ1v) is 24.2. The Morgan fingerprint density at radius 3 is 1.77 bits per heavy atom. The Bertz CT molecular complexity index is 2100. The van der Waals surface area contributed by atoms with Crippen LogP contribution in [-0.2, 0) is 25.6 Å². The molecule has 13 nitrogen and oxygen atoms in total. The molecule has 0 spiro atoms. The molecule has 2 aliphatic carbocycles. The molecule has 4 aromatic rings. The van der Waals surface area contributed by atoms with Crippen molar-refractivity contribution in [2.24, 2.45) is 11.8 Å². The first kappa shape index (κ1) is 47.1. The van der Waals surface area contributed by atoms with Crippen molar-refractivity contribution in [2.75, 3.05) is 19.6 Å². The topological polar surface area (TPSA) is 176 Å². The van der Waals surface area contributed by atoms with Crippen molar-refractivity contribution in [2.45, 2.75) is 140 Å². The molecule has 346 valence electrons. The second-order valence-corrected chi connectivity index (χ2v) is 18.3. The van der Waals surface area contributed by atoms with Crippen LogP contribution >= 0.6 is 0 Å². The molecule has 3 aromatic carbocycles. The molecule has 2 heterocycles. The van der Waals surface area contributed by atoms with E-state index in [4.69, 9.17) is 4.42 Å². The van der Waals surface area contributed by atoms with Crippen LogP contribution in [0.3, 0.4) is 0 Å². The van der Waals surface area contributed by atoms with Gasteiger partial charge in [0.2, 0.25) is 35.4 Å². The Labute approximate surface area is 383 Å². The molecular formula is C52H67N7O6. The van der Waals surface area contributed by atoms with Crippen molar-refractivity contribution < 1.29 is 28.4 Å². The fraction of sp³-hybridized carbons (Fsp3) is 0.519. The quantitative estimate of drug-likeness (QED) is 0.0492. The first-order chi connectivity index (χ1) is 31.7. The number of carbonyl (C=O) groups excluding carboxylic acids is 5. The number of nitrogens with zero attached hydrogens (tertiary/aromatic N) is 3. The van der Waals surface area contributed by atoms with E-state index in [1.54, 1.807) is 29.2 Å². The van der Waals surface area contributed by atoms with Gasteiger partial charge in [-0.2, -0.15) is 0 Å². The second-order valence-electron chi connectivity index (χ2n) is 18.3. The van der Waals surface area contributed by atoms with Crippen LogP contribution in [-0.4, -0.2) is 82.4 Å². The summed E-state index contributed by atoms with van der Waals surface area (Å²) in [6.45, 7) is 5.09. The average Bonchev–Trinajstić information content (AvgIpc) is 4.16. The van der Waals surface area contributed by atoms with Gasteiger partial charge in [-0.25, -0.2) is 0 Å². The monoisotopic (exact) mass is 886 g/mol. The summed E-state index contributed by atoms with van der Waals surface area (Å²) in [5.41, 5.74) is 3.32. The van der Waals surface area contributed by atoms with Gasteiger partial charge in [0.05, 0.1) is 18.3 Å². The summed E-state index contributed by atoms with van der Waals surface area (Å²) in [6, 6.07) is 26.1. The molecule has 3 aliphatic rings. The molecule has 1 aromatic heterocycles. The molecule has 13 heteroatoms. The maximum atomic E-state index is 14.1. The van der Waals surface area contributed by atoms with Crippen LogP contribution in [0.5, 0.6) is 0 Å². The SMILES string of the molecule is CCCCCCCCCC(=O)N[C@@H](Cc1nnc(-c2ccc(C(=O)N3C[C@@H](C(=O)N[C@H]4C[C@@H]4c4ccccc4)[C@H](C(=O)N[C@H]4C[C@@H]4c4ccccc4)C3)cc2)o1)C(=O)NCCCCCC. The number of carbonyl (C=O) groups is 5. The van der Waals surface area contributed by atoms with E-state index in [2.05, 4.69) is 69.6 Å². The van der Waals surface area contributed by atoms with E-state index < -0.39 is 17.9 Å². The molecule has 3 fully saturated rings. The third-order valence-corrected chi connectivity index (χ3v) is 13.2. The maximum Gasteiger partial charge on any atom is 0.253 e. The van der Waals surface area contributed by atoms with Crippen LogP contribution < -0.4 is 21.3 Å². The lowest BCUT2D eigenvalue weighted by Crippen LogP contribution is -2.48. The average molecular weight is 886 g/mol. The fourth-order valence-electron chi connectivity index (χ4n) is 9.10. The number of hydrogen-bond acceptors (Lipinski definition) is 8. The van der Waals surface area contributed by atoms with Crippen LogP contribution in [0.2, 0.25) is 0 Å². The Morgan fingerprint density at radius 1 is 0.662 bits per heavy atom. The zero-order chi connectivity index (χ0) is 45.5. The molecular weight excluding hydrogens is 819 g/mol. The predicted molar refractivity (Wildman–Crippen MR) is 249 cm³/mol. The molecule has 0 unspecified atom stereocenters. The second kappa shape index (κ2) is 23.4. The van der Waals surface area contributed by atoms with E-state index in [1.807, 2.05) is 36.4 Å². The highest BCUT2D eigenvalue weighted by Gasteiger charge is 2.49. The number of rotatable bonds is 25. The third kappa shape index (κ3) is 13.4. The summed E-state index contributed by atoms with van der Waals surface area (Å²) in [5.74, 6) is -1.68. The molecule has 0 radical (unpaired) electrons. The lowest BCUT2D eigenvalue weighted by Gasteiger charge is -2.18. The lowest BCUT2D eigenvalue weighted by atomic mass is 9.94. The lowest BCUT2D eigenvalue weighted by molar-refractivity contribution is -0.133. The Morgan fingerprint density at radius 2 is 1.20 bits per heavy atom. The molecule has 4 N–H and O–H groups in total. The molecule has 65 heavy (non-hydrogen) atoms. The van der Waals surface area contributed by atoms with Crippen LogP contribution in [0, 0.1) is 11.8 Å². The van der Waals surface area contributed by atoms with Gasteiger partial charge in [0.25, 0.3) is 5.91 Å². The van der Waals surface area contributed by atoms with Gasteiger partial charge in [-0.1, -0.05) is 132 Å². The van der Waals surface area contributed by atoms with Crippen LogP contribution in [0.4, 0.5) is 0 Å². The zero-order valence-electron chi connectivity index (χ0n) is 38.1. The van der Waals surface area contributed by atoms with Gasteiger partial charge < -0.3 is 30.6 Å². The summed E-state index contributed by atoms with van der Waals surface area (Å²) in [5, 5.41) is 20.7. The minimum Gasteiger partial charge on any atom is -0.421 e.